The maximum absolute atomic E-state index is 13.0. The highest BCUT2D eigenvalue weighted by atomic mass is 16.6. The van der Waals surface area contributed by atoms with Gasteiger partial charge in [-0.05, 0) is 57.8 Å². The lowest BCUT2D eigenvalue weighted by molar-refractivity contribution is -0.167. The minimum absolute atomic E-state index is 0.0678. The smallest absolute Gasteiger partial charge is 0.306 e. The first-order chi connectivity index (χ1) is 41.0. The summed E-state index contributed by atoms with van der Waals surface area (Å²) in [5, 5.41) is 0. The van der Waals surface area contributed by atoms with Crippen molar-refractivity contribution in [1.82, 2.24) is 0 Å². The van der Waals surface area contributed by atoms with Crippen LogP contribution in [0, 0.1) is 0 Å². The van der Waals surface area contributed by atoms with Crippen molar-refractivity contribution in [3.05, 3.63) is 48.6 Å². The SMILES string of the molecule is CC/C=C\C/C=C\C/C=C\C/C=C\CCCCCCCCCCCCC(=O)OCC(COC(=O)CCCCCCCCCCCCCCCCCCCCC)OC(=O)CCCCCCCCCCCCCCCCCCCCCCCCC. The van der Waals surface area contributed by atoms with Gasteiger partial charge in [-0.1, -0.05) is 378 Å². The third kappa shape index (κ3) is 70.0. The Morgan fingerprint density at radius 1 is 0.253 bits per heavy atom. The second-order valence-corrected chi connectivity index (χ2v) is 25.2. The number of rotatable bonds is 69. The molecular formula is C77H142O6. The molecular weight excluding hydrogens is 1020 g/mol. The highest BCUT2D eigenvalue weighted by Crippen LogP contribution is 2.19. The van der Waals surface area contributed by atoms with Crippen LogP contribution in [-0.2, 0) is 28.6 Å². The molecule has 6 heteroatoms. The lowest BCUT2D eigenvalue weighted by Gasteiger charge is -2.18. The summed E-state index contributed by atoms with van der Waals surface area (Å²) < 4.78 is 17.1. The number of esters is 3. The fourth-order valence-corrected chi connectivity index (χ4v) is 11.3. The van der Waals surface area contributed by atoms with E-state index in [2.05, 4.69) is 69.4 Å². The molecule has 0 bridgehead atoms. The predicted octanol–water partition coefficient (Wildman–Crippen LogP) is 25.7. The van der Waals surface area contributed by atoms with Crippen LogP contribution in [0.3, 0.4) is 0 Å². The van der Waals surface area contributed by atoms with Crippen LogP contribution in [0.1, 0.15) is 406 Å². The number of carbonyl (C=O) groups is 3. The van der Waals surface area contributed by atoms with E-state index in [4.69, 9.17) is 14.2 Å². The zero-order valence-corrected chi connectivity index (χ0v) is 56.0. The van der Waals surface area contributed by atoms with Gasteiger partial charge in [0.2, 0.25) is 0 Å². The summed E-state index contributed by atoms with van der Waals surface area (Å²) in [4.78, 5) is 38.6. The van der Waals surface area contributed by atoms with Crippen molar-refractivity contribution in [3.63, 3.8) is 0 Å². The molecule has 0 amide bonds. The molecule has 0 aromatic heterocycles. The van der Waals surface area contributed by atoms with Crippen molar-refractivity contribution in [2.24, 2.45) is 0 Å². The molecule has 0 fully saturated rings. The Morgan fingerprint density at radius 3 is 0.735 bits per heavy atom. The topological polar surface area (TPSA) is 78.9 Å². The first-order valence-electron chi connectivity index (χ1n) is 37.1. The van der Waals surface area contributed by atoms with E-state index in [1.807, 2.05) is 0 Å². The largest absolute Gasteiger partial charge is 0.462 e. The fourth-order valence-electron chi connectivity index (χ4n) is 11.3. The number of ether oxygens (including phenoxy) is 3. The number of carbonyl (C=O) groups excluding carboxylic acids is 3. The first kappa shape index (κ1) is 80.4. The molecule has 0 aromatic carbocycles. The third-order valence-electron chi connectivity index (χ3n) is 16.8. The molecule has 1 unspecified atom stereocenters. The number of hydrogen-bond acceptors (Lipinski definition) is 6. The Labute approximate surface area is 518 Å². The third-order valence-corrected chi connectivity index (χ3v) is 16.8. The Hall–Kier alpha value is -2.63. The average molecular weight is 1160 g/mol. The quantitative estimate of drug-likeness (QED) is 0.0261. The fraction of sp³-hybridized carbons (Fsp3) is 0.857. The van der Waals surface area contributed by atoms with Crippen molar-refractivity contribution in [3.8, 4) is 0 Å². The van der Waals surface area contributed by atoms with Gasteiger partial charge in [-0.15, -0.1) is 0 Å². The summed E-state index contributed by atoms with van der Waals surface area (Å²) in [7, 11) is 0. The molecule has 0 aliphatic rings. The van der Waals surface area contributed by atoms with Crippen LogP contribution in [-0.4, -0.2) is 37.2 Å². The number of unbranched alkanes of at least 4 members (excludes halogenated alkanes) is 50. The van der Waals surface area contributed by atoms with E-state index in [0.717, 1.165) is 83.5 Å². The molecule has 0 spiro atoms. The van der Waals surface area contributed by atoms with E-state index in [9.17, 15) is 14.4 Å². The van der Waals surface area contributed by atoms with Gasteiger partial charge in [0.15, 0.2) is 6.10 Å². The number of allylic oxidation sites excluding steroid dienone is 8. The van der Waals surface area contributed by atoms with E-state index >= 15 is 0 Å². The van der Waals surface area contributed by atoms with Crippen LogP contribution < -0.4 is 0 Å². The zero-order valence-electron chi connectivity index (χ0n) is 56.0. The molecule has 0 saturated heterocycles. The average Bonchev–Trinajstić information content (AvgIpc) is 3.49. The van der Waals surface area contributed by atoms with Crippen LogP contribution >= 0.6 is 0 Å². The minimum Gasteiger partial charge on any atom is -0.462 e. The molecule has 0 rings (SSSR count). The summed E-state index contributed by atoms with van der Waals surface area (Å²) >= 11 is 0. The van der Waals surface area contributed by atoms with Gasteiger partial charge < -0.3 is 14.2 Å². The van der Waals surface area contributed by atoms with E-state index in [1.54, 1.807) is 0 Å². The maximum atomic E-state index is 13.0. The van der Waals surface area contributed by atoms with Gasteiger partial charge in [0.25, 0.3) is 0 Å². The highest BCUT2D eigenvalue weighted by Gasteiger charge is 2.20. The molecule has 83 heavy (non-hydrogen) atoms. The molecule has 0 heterocycles. The molecule has 0 aromatic rings. The van der Waals surface area contributed by atoms with Gasteiger partial charge >= 0.3 is 17.9 Å². The zero-order chi connectivity index (χ0) is 59.9. The normalized spacial score (nSPS) is 12.3. The van der Waals surface area contributed by atoms with Crippen molar-refractivity contribution in [1.29, 1.82) is 0 Å². The van der Waals surface area contributed by atoms with Gasteiger partial charge in [-0.25, -0.2) is 0 Å². The summed E-state index contributed by atoms with van der Waals surface area (Å²) in [5.41, 5.74) is 0. The van der Waals surface area contributed by atoms with E-state index in [0.29, 0.717) is 19.3 Å². The van der Waals surface area contributed by atoms with Crippen LogP contribution in [0.15, 0.2) is 48.6 Å². The van der Waals surface area contributed by atoms with Gasteiger partial charge in [0, 0.05) is 19.3 Å². The van der Waals surface area contributed by atoms with Crippen LogP contribution in [0.5, 0.6) is 0 Å². The van der Waals surface area contributed by atoms with Crippen molar-refractivity contribution in [2.45, 2.75) is 412 Å². The van der Waals surface area contributed by atoms with Crippen LogP contribution in [0.25, 0.3) is 0 Å². The molecule has 1 atom stereocenters. The molecule has 0 radical (unpaired) electrons. The van der Waals surface area contributed by atoms with Gasteiger partial charge in [-0.2, -0.15) is 0 Å². The summed E-state index contributed by atoms with van der Waals surface area (Å²) in [6.07, 6.45) is 91.4. The molecule has 0 saturated carbocycles. The summed E-state index contributed by atoms with van der Waals surface area (Å²) in [6.45, 7) is 6.62. The molecule has 486 valence electrons. The van der Waals surface area contributed by atoms with Crippen molar-refractivity contribution in [2.75, 3.05) is 13.2 Å². The number of hydrogen-bond donors (Lipinski definition) is 0. The van der Waals surface area contributed by atoms with E-state index in [1.165, 1.54) is 283 Å². The van der Waals surface area contributed by atoms with Gasteiger partial charge in [0.05, 0.1) is 0 Å². The highest BCUT2D eigenvalue weighted by molar-refractivity contribution is 5.71. The van der Waals surface area contributed by atoms with Crippen LogP contribution in [0.2, 0.25) is 0 Å². The monoisotopic (exact) mass is 1160 g/mol. The Balaban J connectivity index is 4.31. The van der Waals surface area contributed by atoms with Crippen molar-refractivity contribution < 1.29 is 28.6 Å². The van der Waals surface area contributed by atoms with Crippen molar-refractivity contribution >= 4 is 17.9 Å². The van der Waals surface area contributed by atoms with E-state index in [-0.39, 0.29) is 31.1 Å². The Morgan fingerprint density at radius 2 is 0.470 bits per heavy atom. The van der Waals surface area contributed by atoms with E-state index < -0.39 is 6.10 Å². The lowest BCUT2D eigenvalue weighted by Crippen LogP contribution is -2.30. The Kier molecular flexibility index (Phi) is 69.6. The van der Waals surface area contributed by atoms with Crippen LogP contribution in [0.4, 0.5) is 0 Å². The molecule has 0 N–H and O–H groups in total. The standard InChI is InChI=1S/C77H142O6/c1-4-7-10-13-16-19-22-25-28-31-34-36-38-40-43-46-49-52-55-58-61-64-67-70-76(79)82-73-74(72-81-75(78)69-66-63-60-57-54-51-48-45-42-33-30-27-24-21-18-15-12-9-6-3)83-77(80)71-68-65-62-59-56-53-50-47-44-41-39-37-35-32-29-26-23-20-17-14-11-8-5-2/h7,10,16,19,25,28,34,36,74H,4-6,8-9,11-15,17-18,20-24,26-27,29-33,35,37-73H2,1-3H3/b10-7-,19-16-,28-25-,36-34-. The first-order valence-corrected chi connectivity index (χ1v) is 37.1. The Bertz CT molecular complexity index is 1430. The van der Waals surface area contributed by atoms with Gasteiger partial charge in [0.1, 0.15) is 13.2 Å². The molecule has 0 aliphatic heterocycles. The summed E-state index contributed by atoms with van der Waals surface area (Å²) in [5.74, 6) is -0.838. The molecule has 0 aliphatic carbocycles. The lowest BCUT2D eigenvalue weighted by atomic mass is 10.0. The summed E-state index contributed by atoms with van der Waals surface area (Å²) in [6, 6.07) is 0. The molecule has 6 nitrogen and oxygen atoms in total. The minimum atomic E-state index is -0.773. The maximum Gasteiger partial charge on any atom is 0.306 e. The predicted molar refractivity (Wildman–Crippen MR) is 362 cm³/mol. The second kappa shape index (κ2) is 71.8. The van der Waals surface area contributed by atoms with Gasteiger partial charge in [-0.3, -0.25) is 14.4 Å². The second-order valence-electron chi connectivity index (χ2n) is 25.2.